The van der Waals surface area contributed by atoms with Crippen LogP contribution < -0.4 is 10.1 Å². The van der Waals surface area contributed by atoms with Crippen LogP contribution in [-0.4, -0.2) is 26.4 Å². The standard InChI is InChI=1S/C13H20ClNO2/c1-4-15-8-11-6-5-7-12(14)13(11)17-9-10(2)16-3/h5-7,10,15H,4,8-9H2,1-3H3. The first-order chi connectivity index (χ1) is 8.19. The van der Waals surface area contributed by atoms with Crippen LogP contribution in [0.25, 0.3) is 0 Å². The Hall–Kier alpha value is -0.770. The Balaban J connectivity index is 2.72. The fraction of sp³-hybridized carbons (Fsp3) is 0.538. The molecular formula is C13H20ClNO2. The van der Waals surface area contributed by atoms with Crippen molar-refractivity contribution in [2.24, 2.45) is 0 Å². The summed E-state index contributed by atoms with van der Waals surface area (Å²) < 4.78 is 10.9. The Morgan fingerprint density at radius 1 is 1.41 bits per heavy atom. The molecule has 0 aliphatic heterocycles. The van der Waals surface area contributed by atoms with Gasteiger partial charge in [0, 0.05) is 19.2 Å². The maximum atomic E-state index is 6.14. The highest BCUT2D eigenvalue weighted by Gasteiger charge is 2.09. The van der Waals surface area contributed by atoms with Gasteiger partial charge in [-0.1, -0.05) is 30.7 Å². The predicted octanol–water partition coefficient (Wildman–Crippen LogP) is 2.86. The van der Waals surface area contributed by atoms with Crippen molar-refractivity contribution in [1.29, 1.82) is 0 Å². The van der Waals surface area contributed by atoms with E-state index in [1.54, 1.807) is 7.11 Å². The molecule has 1 rings (SSSR count). The summed E-state index contributed by atoms with van der Waals surface area (Å²) in [6.07, 6.45) is 0.0539. The highest BCUT2D eigenvalue weighted by molar-refractivity contribution is 6.32. The van der Waals surface area contributed by atoms with Gasteiger partial charge in [-0.3, -0.25) is 0 Å². The van der Waals surface area contributed by atoms with Crippen LogP contribution in [0.4, 0.5) is 0 Å². The van der Waals surface area contributed by atoms with E-state index in [1.165, 1.54) is 0 Å². The van der Waals surface area contributed by atoms with E-state index in [1.807, 2.05) is 25.1 Å². The Kier molecular flexibility index (Phi) is 6.34. The zero-order valence-electron chi connectivity index (χ0n) is 10.6. The fourth-order valence-electron chi connectivity index (χ4n) is 1.38. The van der Waals surface area contributed by atoms with Crippen LogP contribution in [0.5, 0.6) is 5.75 Å². The molecule has 0 heterocycles. The summed E-state index contributed by atoms with van der Waals surface area (Å²) in [6.45, 7) is 6.20. The van der Waals surface area contributed by atoms with Crippen LogP contribution in [0.1, 0.15) is 19.4 Å². The molecule has 3 nitrogen and oxygen atoms in total. The Morgan fingerprint density at radius 2 is 2.18 bits per heavy atom. The average molecular weight is 258 g/mol. The van der Waals surface area contributed by atoms with Crippen LogP contribution in [-0.2, 0) is 11.3 Å². The molecule has 0 aromatic heterocycles. The van der Waals surface area contributed by atoms with Gasteiger partial charge in [0.1, 0.15) is 12.4 Å². The van der Waals surface area contributed by atoms with E-state index >= 15 is 0 Å². The van der Waals surface area contributed by atoms with E-state index in [9.17, 15) is 0 Å². The molecule has 0 spiro atoms. The largest absolute Gasteiger partial charge is 0.489 e. The number of rotatable bonds is 7. The van der Waals surface area contributed by atoms with Crippen LogP contribution >= 0.6 is 11.6 Å². The van der Waals surface area contributed by atoms with E-state index in [4.69, 9.17) is 21.1 Å². The van der Waals surface area contributed by atoms with Gasteiger partial charge in [-0.15, -0.1) is 0 Å². The lowest BCUT2D eigenvalue weighted by molar-refractivity contribution is 0.0713. The molecule has 0 bridgehead atoms. The van der Waals surface area contributed by atoms with Gasteiger partial charge >= 0.3 is 0 Å². The van der Waals surface area contributed by atoms with Crippen molar-refractivity contribution in [3.8, 4) is 5.75 Å². The van der Waals surface area contributed by atoms with E-state index < -0.39 is 0 Å². The summed E-state index contributed by atoms with van der Waals surface area (Å²) >= 11 is 6.14. The minimum absolute atomic E-state index is 0.0539. The highest BCUT2D eigenvalue weighted by Crippen LogP contribution is 2.28. The van der Waals surface area contributed by atoms with E-state index in [0.29, 0.717) is 11.6 Å². The normalized spacial score (nSPS) is 12.5. The van der Waals surface area contributed by atoms with Crippen molar-refractivity contribution in [1.82, 2.24) is 5.32 Å². The molecule has 0 fully saturated rings. The second-order valence-electron chi connectivity index (χ2n) is 3.87. The van der Waals surface area contributed by atoms with Gasteiger partial charge in [-0.2, -0.15) is 0 Å². The number of hydrogen-bond acceptors (Lipinski definition) is 3. The summed E-state index contributed by atoms with van der Waals surface area (Å²) in [5.74, 6) is 0.749. The van der Waals surface area contributed by atoms with Gasteiger partial charge < -0.3 is 14.8 Å². The number of halogens is 1. The predicted molar refractivity (Wildman–Crippen MR) is 70.8 cm³/mol. The molecule has 1 atom stereocenters. The number of benzene rings is 1. The quantitative estimate of drug-likeness (QED) is 0.815. The van der Waals surface area contributed by atoms with Crippen molar-refractivity contribution < 1.29 is 9.47 Å². The monoisotopic (exact) mass is 257 g/mol. The van der Waals surface area contributed by atoms with Gasteiger partial charge in [0.2, 0.25) is 0 Å². The molecule has 4 heteroatoms. The minimum atomic E-state index is 0.0539. The maximum Gasteiger partial charge on any atom is 0.142 e. The molecule has 1 unspecified atom stereocenters. The van der Waals surface area contributed by atoms with Crippen molar-refractivity contribution in [3.05, 3.63) is 28.8 Å². The second kappa shape index (κ2) is 7.54. The van der Waals surface area contributed by atoms with Gasteiger partial charge in [0.25, 0.3) is 0 Å². The summed E-state index contributed by atoms with van der Waals surface area (Å²) in [5.41, 5.74) is 1.07. The summed E-state index contributed by atoms with van der Waals surface area (Å²) in [4.78, 5) is 0. The van der Waals surface area contributed by atoms with Crippen LogP contribution in [0.2, 0.25) is 5.02 Å². The molecule has 0 amide bonds. The maximum absolute atomic E-state index is 6.14. The lowest BCUT2D eigenvalue weighted by atomic mass is 10.2. The third-order valence-electron chi connectivity index (χ3n) is 2.48. The number of methoxy groups -OCH3 is 1. The summed E-state index contributed by atoms with van der Waals surface area (Å²) in [6, 6.07) is 5.78. The van der Waals surface area contributed by atoms with Gasteiger partial charge in [0.05, 0.1) is 11.1 Å². The molecule has 1 aromatic carbocycles. The highest BCUT2D eigenvalue weighted by atomic mass is 35.5. The number of nitrogens with one attached hydrogen (secondary N) is 1. The Labute approximate surface area is 108 Å². The zero-order valence-corrected chi connectivity index (χ0v) is 11.4. The van der Waals surface area contributed by atoms with Crippen molar-refractivity contribution in [2.75, 3.05) is 20.3 Å². The van der Waals surface area contributed by atoms with Crippen molar-refractivity contribution in [3.63, 3.8) is 0 Å². The summed E-state index contributed by atoms with van der Waals surface area (Å²) in [5, 5.41) is 3.91. The van der Waals surface area contributed by atoms with Crippen LogP contribution in [0.3, 0.4) is 0 Å². The molecule has 1 aromatic rings. The van der Waals surface area contributed by atoms with Crippen LogP contribution in [0.15, 0.2) is 18.2 Å². The fourth-order valence-corrected chi connectivity index (χ4v) is 1.63. The second-order valence-corrected chi connectivity index (χ2v) is 4.27. The summed E-state index contributed by atoms with van der Waals surface area (Å²) in [7, 11) is 1.67. The first kappa shape index (κ1) is 14.3. The van der Waals surface area contributed by atoms with Crippen molar-refractivity contribution in [2.45, 2.75) is 26.5 Å². The molecule has 0 saturated heterocycles. The number of para-hydroxylation sites is 1. The smallest absolute Gasteiger partial charge is 0.142 e. The van der Waals surface area contributed by atoms with Gasteiger partial charge in [-0.05, 0) is 19.5 Å². The first-order valence-electron chi connectivity index (χ1n) is 5.82. The molecule has 0 aliphatic rings. The third kappa shape index (κ3) is 4.54. The SMILES string of the molecule is CCNCc1cccc(Cl)c1OCC(C)OC. The minimum Gasteiger partial charge on any atom is -0.489 e. The van der Waals surface area contributed by atoms with Gasteiger partial charge in [0.15, 0.2) is 0 Å². The van der Waals surface area contributed by atoms with E-state index in [2.05, 4.69) is 12.2 Å². The van der Waals surface area contributed by atoms with Crippen LogP contribution in [0, 0.1) is 0 Å². The van der Waals surface area contributed by atoms with E-state index in [0.717, 1.165) is 24.4 Å². The molecule has 0 saturated carbocycles. The lowest BCUT2D eigenvalue weighted by Gasteiger charge is -2.16. The molecular weight excluding hydrogens is 238 g/mol. The lowest BCUT2D eigenvalue weighted by Crippen LogP contribution is -2.18. The van der Waals surface area contributed by atoms with Gasteiger partial charge in [-0.25, -0.2) is 0 Å². The third-order valence-corrected chi connectivity index (χ3v) is 2.78. The molecule has 0 radical (unpaired) electrons. The molecule has 17 heavy (non-hydrogen) atoms. The van der Waals surface area contributed by atoms with E-state index in [-0.39, 0.29) is 6.10 Å². The Bertz CT molecular complexity index is 344. The van der Waals surface area contributed by atoms with Crippen molar-refractivity contribution >= 4 is 11.6 Å². The molecule has 96 valence electrons. The molecule has 1 N–H and O–H groups in total. The zero-order chi connectivity index (χ0) is 12.7. The molecule has 0 aliphatic carbocycles. The average Bonchev–Trinajstić information content (AvgIpc) is 2.34. The number of ether oxygens (including phenoxy) is 2. The topological polar surface area (TPSA) is 30.5 Å². The first-order valence-corrected chi connectivity index (χ1v) is 6.20. The number of hydrogen-bond donors (Lipinski definition) is 1. The Morgan fingerprint density at radius 3 is 2.82 bits per heavy atom.